The van der Waals surface area contributed by atoms with Crippen molar-refractivity contribution >= 4 is 34.2 Å². The molecule has 2 atom stereocenters. The van der Waals surface area contributed by atoms with E-state index in [0.29, 0.717) is 13.2 Å². The number of amides is 1. The minimum atomic E-state index is -0.0925. The second kappa shape index (κ2) is 7.53. The fourth-order valence-electron chi connectivity index (χ4n) is 2.71. The predicted molar refractivity (Wildman–Crippen MR) is 90.0 cm³/mol. The molecule has 1 aromatic rings. The highest BCUT2D eigenvalue weighted by molar-refractivity contribution is 9.10. The van der Waals surface area contributed by atoms with Crippen LogP contribution in [0.1, 0.15) is 31.4 Å². The van der Waals surface area contributed by atoms with Crippen LogP contribution in [0.4, 0.5) is 0 Å². The minimum Gasteiger partial charge on any atom is -0.486 e. The number of benzene rings is 1. The van der Waals surface area contributed by atoms with Gasteiger partial charge in [-0.2, -0.15) is 0 Å². The molecule has 3 rings (SSSR count). The normalized spacial score (nSPS) is 20.9. The van der Waals surface area contributed by atoms with Gasteiger partial charge in [-0.15, -0.1) is 12.4 Å². The first-order chi connectivity index (χ1) is 10.1. The molecule has 2 aliphatic rings. The summed E-state index contributed by atoms with van der Waals surface area (Å²) in [6, 6.07) is 3.68. The molecule has 2 aliphatic heterocycles. The SMILES string of the molecule is CC(NC(=O)C1CCCN1)c1cc2c(cc1Br)OCCO2.Cl. The van der Waals surface area contributed by atoms with E-state index in [1.165, 1.54) is 0 Å². The molecule has 7 heteroatoms. The Bertz CT molecular complexity index is 550. The van der Waals surface area contributed by atoms with Crippen molar-refractivity contribution in [2.45, 2.75) is 31.8 Å². The molecule has 5 nitrogen and oxygen atoms in total. The van der Waals surface area contributed by atoms with Crippen LogP contribution in [0.3, 0.4) is 0 Å². The summed E-state index contributed by atoms with van der Waals surface area (Å²) in [5, 5.41) is 6.27. The smallest absolute Gasteiger partial charge is 0.237 e. The molecule has 0 saturated carbocycles. The third kappa shape index (κ3) is 3.67. The Morgan fingerprint density at radius 2 is 2.05 bits per heavy atom. The van der Waals surface area contributed by atoms with Gasteiger partial charge in [-0.25, -0.2) is 0 Å². The fraction of sp³-hybridized carbons (Fsp3) is 0.533. The molecule has 1 saturated heterocycles. The molecular formula is C15H20BrClN2O3. The molecule has 0 aliphatic carbocycles. The Morgan fingerprint density at radius 1 is 1.36 bits per heavy atom. The lowest BCUT2D eigenvalue weighted by atomic mass is 10.1. The number of fused-ring (bicyclic) bond motifs is 1. The highest BCUT2D eigenvalue weighted by Gasteiger charge is 2.25. The van der Waals surface area contributed by atoms with Crippen molar-refractivity contribution in [1.29, 1.82) is 0 Å². The van der Waals surface area contributed by atoms with E-state index in [1.54, 1.807) is 0 Å². The van der Waals surface area contributed by atoms with Crippen LogP contribution in [-0.2, 0) is 4.79 Å². The van der Waals surface area contributed by atoms with Gasteiger partial charge >= 0.3 is 0 Å². The Balaban J connectivity index is 0.00000176. The predicted octanol–water partition coefficient (Wildman–Crippen LogP) is 2.57. The molecule has 2 N–H and O–H groups in total. The monoisotopic (exact) mass is 390 g/mol. The molecule has 0 spiro atoms. The van der Waals surface area contributed by atoms with Crippen molar-refractivity contribution in [3.05, 3.63) is 22.2 Å². The summed E-state index contributed by atoms with van der Waals surface area (Å²) in [5.41, 5.74) is 0.991. The van der Waals surface area contributed by atoms with Gasteiger partial charge in [0.05, 0.1) is 12.1 Å². The Kier molecular flexibility index (Phi) is 5.94. The van der Waals surface area contributed by atoms with Gasteiger partial charge in [0.15, 0.2) is 11.5 Å². The summed E-state index contributed by atoms with van der Waals surface area (Å²) < 4.78 is 12.1. The molecular weight excluding hydrogens is 372 g/mol. The number of hydrogen-bond acceptors (Lipinski definition) is 4. The first-order valence-corrected chi connectivity index (χ1v) is 8.07. The van der Waals surface area contributed by atoms with Crippen molar-refractivity contribution in [3.8, 4) is 11.5 Å². The van der Waals surface area contributed by atoms with E-state index in [-0.39, 0.29) is 30.4 Å². The number of carbonyl (C=O) groups excluding carboxylic acids is 1. The van der Waals surface area contributed by atoms with Crippen LogP contribution >= 0.6 is 28.3 Å². The average Bonchev–Trinajstić information content (AvgIpc) is 3.00. The largest absolute Gasteiger partial charge is 0.486 e. The number of ether oxygens (including phenoxy) is 2. The Labute approximate surface area is 144 Å². The van der Waals surface area contributed by atoms with Crippen LogP contribution in [-0.4, -0.2) is 31.7 Å². The summed E-state index contributed by atoms with van der Waals surface area (Å²) in [7, 11) is 0. The van der Waals surface area contributed by atoms with Crippen LogP contribution in [0.25, 0.3) is 0 Å². The van der Waals surface area contributed by atoms with Crippen molar-refractivity contribution in [2.24, 2.45) is 0 Å². The molecule has 1 amide bonds. The minimum absolute atomic E-state index is 0. The lowest BCUT2D eigenvalue weighted by molar-refractivity contribution is -0.123. The zero-order valence-electron chi connectivity index (χ0n) is 12.4. The maximum atomic E-state index is 12.2. The summed E-state index contributed by atoms with van der Waals surface area (Å²) in [6.07, 6.45) is 1.96. The third-order valence-corrected chi connectivity index (χ3v) is 4.55. The molecule has 0 bridgehead atoms. The van der Waals surface area contributed by atoms with Gasteiger partial charge in [0.1, 0.15) is 13.2 Å². The summed E-state index contributed by atoms with van der Waals surface area (Å²) >= 11 is 3.55. The fourth-order valence-corrected chi connectivity index (χ4v) is 3.38. The molecule has 0 radical (unpaired) electrons. The number of nitrogens with one attached hydrogen (secondary N) is 2. The van der Waals surface area contributed by atoms with E-state index in [4.69, 9.17) is 9.47 Å². The second-order valence-corrected chi connectivity index (χ2v) is 6.25. The quantitative estimate of drug-likeness (QED) is 0.831. The van der Waals surface area contributed by atoms with E-state index >= 15 is 0 Å². The van der Waals surface area contributed by atoms with E-state index in [9.17, 15) is 4.79 Å². The van der Waals surface area contributed by atoms with Gasteiger partial charge in [0.25, 0.3) is 0 Å². The second-order valence-electron chi connectivity index (χ2n) is 5.40. The summed E-state index contributed by atoms with van der Waals surface area (Å²) in [6.45, 7) is 4.02. The number of carbonyl (C=O) groups is 1. The topological polar surface area (TPSA) is 59.6 Å². The molecule has 22 heavy (non-hydrogen) atoms. The zero-order valence-corrected chi connectivity index (χ0v) is 14.8. The maximum Gasteiger partial charge on any atom is 0.237 e. The Morgan fingerprint density at radius 3 is 2.68 bits per heavy atom. The van der Waals surface area contributed by atoms with Gasteiger partial charge in [-0.3, -0.25) is 4.79 Å². The van der Waals surface area contributed by atoms with Crippen molar-refractivity contribution in [2.75, 3.05) is 19.8 Å². The van der Waals surface area contributed by atoms with Gasteiger partial charge in [0, 0.05) is 4.47 Å². The summed E-state index contributed by atoms with van der Waals surface area (Å²) in [5.74, 6) is 1.54. The van der Waals surface area contributed by atoms with E-state index in [2.05, 4.69) is 26.6 Å². The third-order valence-electron chi connectivity index (χ3n) is 3.86. The van der Waals surface area contributed by atoms with Crippen LogP contribution < -0.4 is 20.1 Å². The van der Waals surface area contributed by atoms with E-state index < -0.39 is 0 Å². The lowest BCUT2D eigenvalue weighted by Gasteiger charge is -2.23. The van der Waals surface area contributed by atoms with E-state index in [0.717, 1.165) is 40.9 Å². The zero-order chi connectivity index (χ0) is 14.8. The Hall–Kier alpha value is -0.980. The number of rotatable bonds is 3. The van der Waals surface area contributed by atoms with Crippen molar-refractivity contribution < 1.29 is 14.3 Å². The molecule has 2 heterocycles. The van der Waals surface area contributed by atoms with E-state index in [1.807, 2.05) is 19.1 Å². The lowest BCUT2D eigenvalue weighted by Crippen LogP contribution is -2.41. The standard InChI is InChI=1S/C15H19BrN2O3.ClH/c1-9(18-15(19)12-3-2-4-17-12)10-7-13-14(8-11(10)16)21-6-5-20-13;/h7-9,12,17H,2-6H2,1H3,(H,18,19);1H. The molecule has 0 aromatic heterocycles. The van der Waals surface area contributed by atoms with Gasteiger partial charge in [-0.1, -0.05) is 15.9 Å². The first kappa shape index (κ1) is 17.4. The van der Waals surface area contributed by atoms with Crippen LogP contribution in [0.5, 0.6) is 11.5 Å². The van der Waals surface area contributed by atoms with Crippen LogP contribution in [0, 0.1) is 0 Å². The molecule has 1 aromatic carbocycles. The van der Waals surface area contributed by atoms with Crippen molar-refractivity contribution in [3.63, 3.8) is 0 Å². The highest BCUT2D eigenvalue weighted by atomic mass is 79.9. The highest BCUT2D eigenvalue weighted by Crippen LogP contribution is 2.37. The molecule has 1 fully saturated rings. The van der Waals surface area contributed by atoms with Gasteiger partial charge in [0.2, 0.25) is 5.91 Å². The van der Waals surface area contributed by atoms with Crippen LogP contribution in [0.2, 0.25) is 0 Å². The summed E-state index contributed by atoms with van der Waals surface area (Å²) in [4.78, 5) is 12.2. The van der Waals surface area contributed by atoms with Gasteiger partial charge < -0.3 is 20.1 Å². The van der Waals surface area contributed by atoms with Crippen molar-refractivity contribution in [1.82, 2.24) is 10.6 Å². The average molecular weight is 392 g/mol. The number of hydrogen-bond donors (Lipinski definition) is 2. The molecule has 122 valence electrons. The molecule has 2 unspecified atom stereocenters. The first-order valence-electron chi connectivity index (χ1n) is 7.28. The van der Waals surface area contributed by atoms with Gasteiger partial charge in [-0.05, 0) is 44.0 Å². The maximum absolute atomic E-state index is 12.2. The van der Waals surface area contributed by atoms with Crippen LogP contribution in [0.15, 0.2) is 16.6 Å². The number of halogens is 2.